The van der Waals surface area contributed by atoms with E-state index in [-0.39, 0.29) is 68.1 Å². The van der Waals surface area contributed by atoms with Gasteiger partial charge in [0.2, 0.25) is 0 Å². The molecule has 2 aliphatic heterocycles. The molecule has 0 saturated carbocycles. The van der Waals surface area contributed by atoms with Gasteiger partial charge in [-0.3, -0.25) is 14.4 Å². The molecule has 2 aliphatic rings. The first-order valence-corrected chi connectivity index (χ1v) is 28.8. The molecule has 406 valence electrons. The third-order valence-corrected chi connectivity index (χ3v) is 13.7. The molecule has 0 radical (unpaired) electrons. The third-order valence-electron chi connectivity index (χ3n) is 13.7. The van der Waals surface area contributed by atoms with E-state index in [0.29, 0.717) is 44.6 Å². The lowest BCUT2D eigenvalue weighted by atomic mass is 10.1. The van der Waals surface area contributed by atoms with Crippen LogP contribution in [0.15, 0.2) is 0 Å². The Morgan fingerprint density at radius 3 is 1.41 bits per heavy atom. The second-order valence-electron chi connectivity index (χ2n) is 20.7. The molecule has 2 heterocycles. The first kappa shape index (κ1) is 63.3. The molecule has 0 bridgehead atoms. The van der Waals surface area contributed by atoms with E-state index in [2.05, 4.69) is 48.5 Å². The second-order valence-corrected chi connectivity index (χ2v) is 20.7. The van der Waals surface area contributed by atoms with Crippen LogP contribution in [-0.4, -0.2) is 106 Å². The third kappa shape index (κ3) is 37.6. The monoisotopic (exact) mass is 983 g/mol. The summed E-state index contributed by atoms with van der Waals surface area (Å²) in [4.78, 5) is 38.4. The van der Waals surface area contributed by atoms with Crippen molar-refractivity contribution in [1.82, 2.24) is 0 Å². The first-order valence-electron chi connectivity index (χ1n) is 28.8. The summed E-state index contributed by atoms with van der Waals surface area (Å²) in [5.41, 5.74) is 0. The molecule has 0 aromatic heterocycles. The number of esters is 3. The van der Waals surface area contributed by atoms with Crippen molar-refractivity contribution in [2.24, 2.45) is 0 Å². The maximum Gasteiger partial charge on any atom is 0.306 e. The van der Waals surface area contributed by atoms with E-state index in [1.807, 2.05) is 0 Å². The van der Waals surface area contributed by atoms with Crippen molar-refractivity contribution < 1.29 is 57.0 Å². The zero-order valence-corrected chi connectivity index (χ0v) is 45.5. The molecule has 0 amide bonds. The predicted octanol–water partition coefficient (Wildman–Crippen LogP) is 14.0. The number of hydrogen-bond donors (Lipinski definition) is 0. The number of rotatable bonds is 51. The fraction of sp³-hybridized carbons (Fsp3) is 0.947. The van der Waals surface area contributed by atoms with Gasteiger partial charge in [-0.25, -0.2) is 0 Å². The topological polar surface area (TPSA) is 141 Å². The van der Waals surface area contributed by atoms with Crippen molar-refractivity contribution in [3.63, 3.8) is 0 Å². The molecule has 0 aromatic carbocycles. The Kier molecular flexibility index (Phi) is 39.1. The summed E-state index contributed by atoms with van der Waals surface area (Å²) in [7, 11) is 0. The van der Waals surface area contributed by atoms with Gasteiger partial charge in [0.25, 0.3) is 0 Å². The number of epoxide rings is 2. The summed E-state index contributed by atoms with van der Waals surface area (Å²) in [6.07, 6.45) is 34.2. The van der Waals surface area contributed by atoms with Gasteiger partial charge in [0, 0.05) is 32.3 Å². The van der Waals surface area contributed by atoms with Gasteiger partial charge < -0.3 is 42.6 Å². The van der Waals surface area contributed by atoms with Crippen LogP contribution in [0.5, 0.6) is 0 Å². The maximum atomic E-state index is 12.9. The van der Waals surface area contributed by atoms with Crippen LogP contribution in [0.1, 0.15) is 260 Å². The van der Waals surface area contributed by atoms with Crippen LogP contribution in [0.3, 0.4) is 0 Å². The van der Waals surface area contributed by atoms with Crippen molar-refractivity contribution in [2.75, 3.05) is 33.2 Å². The Bertz CT molecular complexity index is 1230. The Hall–Kier alpha value is -1.83. The van der Waals surface area contributed by atoms with Crippen LogP contribution in [0.25, 0.3) is 0 Å². The van der Waals surface area contributed by atoms with Gasteiger partial charge in [-0.15, -0.1) is 0 Å². The number of ether oxygens (including phenoxy) is 9. The van der Waals surface area contributed by atoms with Crippen LogP contribution in [-0.2, 0) is 57.0 Å². The lowest BCUT2D eigenvalue weighted by Crippen LogP contribution is -2.30. The summed E-state index contributed by atoms with van der Waals surface area (Å²) >= 11 is 0. The molecule has 0 spiro atoms. The zero-order valence-electron chi connectivity index (χ0n) is 45.5. The molecule has 2 saturated heterocycles. The highest BCUT2D eigenvalue weighted by molar-refractivity contribution is 5.71. The summed E-state index contributed by atoms with van der Waals surface area (Å²) < 4.78 is 52.1. The van der Waals surface area contributed by atoms with Gasteiger partial charge in [0.05, 0.1) is 49.3 Å². The molecule has 0 aromatic rings. The van der Waals surface area contributed by atoms with Crippen molar-refractivity contribution >= 4 is 17.9 Å². The SMILES string of the molecule is CCCCCOC(C)CC1OC1CCCCCCCC(=O)OC(COC(=O)CCCCCCCC(C)OCOC(C)CCCCC)COC(=O)CCCCCCCC(C)OCC1OC1CCCCC. The van der Waals surface area contributed by atoms with Crippen LogP contribution in [0, 0.1) is 0 Å². The van der Waals surface area contributed by atoms with E-state index in [4.69, 9.17) is 42.6 Å². The number of carbonyl (C=O) groups is 3. The Morgan fingerprint density at radius 2 is 0.841 bits per heavy atom. The van der Waals surface area contributed by atoms with Gasteiger partial charge in [-0.2, -0.15) is 0 Å². The van der Waals surface area contributed by atoms with Crippen molar-refractivity contribution in [3.8, 4) is 0 Å². The van der Waals surface area contributed by atoms with E-state index >= 15 is 0 Å². The lowest BCUT2D eigenvalue weighted by molar-refractivity contribution is -0.167. The minimum Gasteiger partial charge on any atom is -0.462 e. The van der Waals surface area contributed by atoms with Crippen LogP contribution in [0.4, 0.5) is 0 Å². The minimum atomic E-state index is -0.831. The highest BCUT2D eigenvalue weighted by Gasteiger charge is 2.39. The fourth-order valence-electron chi connectivity index (χ4n) is 8.80. The minimum absolute atomic E-state index is 0.124. The Labute approximate surface area is 422 Å². The largest absolute Gasteiger partial charge is 0.462 e. The predicted molar refractivity (Wildman–Crippen MR) is 275 cm³/mol. The second kappa shape index (κ2) is 42.7. The number of carbonyl (C=O) groups excluding carboxylic acids is 3. The number of unbranched alkanes of at least 4 members (excludes halogenated alkanes) is 18. The average Bonchev–Trinajstić information content (AvgIpc) is 4.26. The molecule has 9 atom stereocenters. The summed E-state index contributed by atoms with van der Waals surface area (Å²) in [6, 6.07) is 0. The molecule has 0 N–H and O–H groups in total. The summed E-state index contributed by atoms with van der Waals surface area (Å²) in [6.45, 7) is 16.8. The zero-order chi connectivity index (χ0) is 50.2. The van der Waals surface area contributed by atoms with Gasteiger partial charge >= 0.3 is 17.9 Å². The average molecular weight is 983 g/mol. The van der Waals surface area contributed by atoms with Crippen molar-refractivity contribution in [1.29, 1.82) is 0 Å². The van der Waals surface area contributed by atoms with Crippen molar-refractivity contribution in [3.05, 3.63) is 0 Å². The van der Waals surface area contributed by atoms with Gasteiger partial charge in [-0.05, 0) is 85.5 Å². The van der Waals surface area contributed by atoms with Crippen LogP contribution >= 0.6 is 0 Å². The fourth-order valence-corrected chi connectivity index (χ4v) is 8.80. The summed E-state index contributed by atoms with van der Waals surface area (Å²) in [5.74, 6) is -1.01. The first-order chi connectivity index (χ1) is 33.5. The molecule has 2 fully saturated rings. The maximum absolute atomic E-state index is 12.9. The van der Waals surface area contributed by atoms with E-state index in [1.54, 1.807) is 0 Å². The smallest absolute Gasteiger partial charge is 0.306 e. The molecule has 2 rings (SSSR count). The molecule has 0 aliphatic carbocycles. The quantitative estimate of drug-likeness (QED) is 0.0188. The molecule has 69 heavy (non-hydrogen) atoms. The lowest BCUT2D eigenvalue weighted by Gasteiger charge is -2.18. The standard InChI is InChI=1S/C57H106O12/c1-8-11-23-32-47(5)65-45-66-48(6)34-26-18-15-21-29-38-56(59)64-43-50(67-57(60)39-30-22-16-19-27-36-51-53(68-51)41-49(7)61-40-31-13-10-3)42-63-55(58)37-28-20-14-17-25-33-46(4)62-44-54-52(69-54)35-24-12-9-2/h46-54H,8-45H2,1-7H3. The molecular formula is C57H106O12. The van der Waals surface area contributed by atoms with Crippen molar-refractivity contribution in [2.45, 2.75) is 315 Å². The van der Waals surface area contributed by atoms with Gasteiger partial charge in [0.1, 0.15) is 26.1 Å². The molecule has 12 nitrogen and oxygen atoms in total. The van der Waals surface area contributed by atoms with E-state index in [1.165, 1.54) is 51.4 Å². The molecule has 9 unspecified atom stereocenters. The highest BCUT2D eigenvalue weighted by atomic mass is 16.7. The molecular weight excluding hydrogens is 877 g/mol. The highest BCUT2D eigenvalue weighted by Crippen LogP contribution is 2.32. The Morgan fingerprint density at radius 1 is 0.420 bits per heavy atom. The summed E-state index contributed by atoms with van der Waals surface area (Å²) in [5, 5.41) is 0. The normalized spacial score (nSPS) is 19.7. The van der Waals surface area contributed by atoms with Crippen LogP contribution in [0.2, 0.25) is 0 Å². The van der Waals surface area contributed by atoms with Crippen LogP contribution < -0.4 is 0 Å². The van der Waals surface area contributed by atoms with E-state index in [9.17, 15) is 14.4 Å². The van der Waals surface area contributed by atoms with Gasteiger partial charge in [0.15, 0.2) is 6.10 Å². The molecule has 12 heteroatoms. The van der Waals surface area contributed by atoms with E-state index < -0.39 is 6.10 Å². The van der Waals surface area contributed by atoms with Gasteiger partial charge in [-0.1, -0.05) is 149 Å². The number of hydrogen-bond acceptors (Lipinski definition) is 12. The Balaban J connectivity index is 1.61. The van der Waals surface area contributed by atoms with E-state index in [0.717, 1.165) is 148 Å².